The van der Waals surface area contributed by atoms with Gasteiger partial charge in [-0.2, -0.15) is 0 Å². The zero-order valence-electron chi connectivity index (χ0n) is 18.8. The van der Waals surface area contributed by atoms with Gasteiger partial charge in [0.1, 0.15) is 12.0 Å². The zero-order chi connectivity index (χ0) is 22.7. The van der Waals surface area contributed by atoms with Crippen LogP contribution in [0.15, 0.2) is 47.4 Å². The summed E-state index contributed by atoms with van der Waals surface area (Å²) in [4.78, 5) is 24.1. The molecule has 0 amide bonds. The Balaban J connectivity index is 0.00000512. The second kappa shape index (κ2) is 13.9. The Labute approximate surface area is 197 Å². The van der Waals surface area contributed by atoms with E-state index in [2.05, 4.69) is 13.8 Å². The molecular weight excluding hydrogens is 422 g/mol. The predicted molar refractivity (Wildman–Crippen MR) is 134 cm³/mol. The van der Waals surface area contributed by atoms with E-state index >= 15 is 0 Å². The predicted octanol–water partition coefficient (Wildman–Crippen LogP) is 7.49. The maximum Gasteiger partial charge on any atom is 0.269 e. The maximum absolute atomic E-state index is 12.1. The zero-order valence-corrected chi connectivity index (χ0v) is 19.6. The number of thioether (sulfide) groups is 1. The third-order valence-corrected chi connectivity index (χ3v) is 7.06. The van der Waals surface area contributed by atoms with Gasteiger partial charge in [0.05, 0.1) is 12.0 Å². The molecule has 0 unspecified atom stereocenters. The molecule has 0 atom stereocenters. The van der Waals surface area contributed by atoms with Crippen LogP contribution >= 0.6 is 11.8 Å². The smallest absolute Gasteiger partial charge is 0.269 e. The number of nitrogens with zero attached hydrogens (tertiary/aromatic N) is 1. The second-order valence-electron chi connectivity index (χ2n) is 8.05. The fraction of sp³-hybridized carbons (Fsp3) is 0.500. The van der Waals surface area contributed by atoms with Gasteiger partial charge >= 0.3 is 0 Å². The monoisotopic (exact) mass is 459 g/mol. The summed E-state index contributed by atoms with van der Waals surface area (Å²) >= 11 is 1.65. The van der Waals surface area contributed by atoms with Gasteiger partial charge in [0.2, 0.25) is 0 Å². The maximum atomic E-state index is 12.1. The van der Waals surface area contributed by atoms with Crippen molar-refractivity contribution < 1.29 is 14.5 Å². The number of hydrogen-bond acceptors (Lipinski definition) is 5. The highest BCUT2D eigenvalue weighted by Crippen LogP contribution is 2.38. The number of benzene rings is 2. The molecule has 2 aromatic carbocycles. The van der Waals surface area contributed by atoms with Crippen molar-refractivity contribution in [3.63, 3.8) is 0 Å². The highest BCUT2D eigenvalue weighted by atomic mass is 32.2. The van der Waals surface area contributed by atoms with Crippen molar-refractivity contribution in [2.45, 2.75) is 71.1 Å². The number of aldehydes is 1. The Morgan fingerprint density at radius 2 is 1.69 bits per heavy atom. The van der Waals surface area contributed by atoms with E-state index < -0.39 is 0 Å². The molecule has 0 saturated heterocycles. The lowest BCUT2D eigenvalue weighted by atomic mass is 9.81. The molecule has 0 bridgehead atoms. The number of nitro benzene ring substituents is 1. The highest BCUT2D eigenvalue weighted by Gasteiger charge is 2.29. The van der Waals surface area contributed by atoms with Crippen LogP contribution in [-0.4, -0.2) is 24.1 Å². The van der Waals surface area contributed by atoms with E-state index in [-0.39, 0.29) is 23.5 Å². The molecule has 0 aliphatic carbocycles. The molecule has 0 spiro atoms. The van der Waals surface area contributed by atoms with Crippen LogP contribution in [0.25, 0.3) is 0 Å². The Morgan fingerprint density at radius 3 is 2.19 bits per heavy atom. The van der Waals surface area contributed by atoms with Crippen molar-refractivity contribution >= 4 is 23.7 Å². The van der Waals surface area contributed by atoms with Gasteiger partial charge in [-0.05, 0) is 48.6 Å². The van der Waals surface area contributed by atoms with E-state index in [9.17, 15) is 14.9 Å². The molecule has 0 saturated carbocycles. The van der Waals surface area contributed by atoms with E-state index in [0.29, 0.717) is 12.2 Å². The number of nitro groups is 1. The minimum atomic E-state index is -0.357. The van der Waals surface area contributed by atoms with Crippen molar-refractivity contribution in [2.24, 2.45) is 5.41 Å². The van der Waals surface area contributed by atoms with E-state index in [4.69, 9.17) is 4.74 Å². The Morgan fingerprint density at radius 1 is 1.06 bits per heavy atom. The number of unbranched alkanes of at least 4 members (excludes halogenated alkanes) is 2. The Bertz CT molecular complexity index is 843. The highest BCUT2D eigenvalue weighted by molar-refractivity contribution is 7.99. The summed E-state index contributed by atoms with van der Waals surface area (Å²) in [5.41, 5.74) is 1.72. The van der Waals surface area contributed by atoms with E-state index in [1.807, 2.05) is 30.3 Å². The van der Waals surface area contributed by atoms with Gasteiger partial charge in [-0.15, -0.1) is 11.8 Å². The first-order valence-corrected chi connectivity index (χ1v) is 11.9. The molecular formula is C26H37NO4S. The molecule has 32 heavy (non-hydrogen) atoms. The molecule has 0 N–H and O–H groups in total. The largest absolute Gasteiger partial charge is 0.497 e. The van der Waals surface area contributed by atoms with Gasteiger partial charge in [0.25, 0.3) is 5.69 Å². The summed E-state index contributed by atoms with van der Waals surface area (Å²) in [6, 6.07) is 12.8. The van der Waals surface area contributed by atoms with Crippen LogP contribution in [0.3, 0.4) is 0 Å². The van der Waals surface area contributed by atoms with Crippen LogP contribution in [0.4, 0.5) is 5.69 Å². The molecule has 5 nitrogen and oxygen atoms in total. The van der Waals surface area contributed by atoms with Crippen LogP contribution in [0.2, 0.25) is 0 Å². The fourth-order valence-electron chi connectivity index (χ4n) is 3.62. The van der Waals surface area contributed by atoms with E-state index in [1.54, 1.807) is 31.0 Å². The van der Waals surface area contributed by atoms with Crippen molar-refractivity contribution in [1.29, 1.82) is 0 Å². The summed E-state index contributed by atoms with van der Waals surface area (Å²) < 4.78 is 5.22. The van der Waals surface area contributed by atoms with Crippen LogP contribution in [0.5, 0.6) is 5.75 Å². The number of rotatable bonds is 14. The number of non-ortho nitro benzene ring substituents is 1. The lowest BCUT2D eigenvalue weighted by Crippen LogP contribution is -2.26. The van der Waals surface area contributed by atoms with Crippen LogP contribution in [0, 0.1) is 15.5 Å². The van der Waals surface area contributed by atoms with Crippen LogP contribution < -0.4 is 4.74 Å². The first kappa shape index (κ1) is 27.7. The molecule has 2 rings (SSSR count). The third-order valence-electron chi connectivity index (χ3n) is 5.63. The first-order chi connectivity index (χ1) is 15.0. The normalized spacial score (nSPS) is 11.0. The van der Waals surface area contributed by atoms with Crippen molar-refractivity contribution in [2.75, 3.05) is 12.9 Å². The third kappa shape index (κ3) is 7.97. The van der Waals surface area contributed by atoms with Gasteiger partial charge in [-0.3, -0.25) is 10.1 Å². The van der Waals surface area contributed by atoms with Crippen LogP contribution in [-0.2, 0) is 11.2 Å². The topological polar surface area (TPSA) is 69.4 Å². The van der Waals surface area contributed by atoms with E-state index in [1.165, 1.54) is 0 Å². The lowest BCUT2D eigenvalue weighted by Gasteiger charge is -2.28. The average molecular weight is 460 g/mol. The van der Waals surface area contributed by atoms with Gasteiger partial charge in [0, 0.05) is 28.2 Å². The van der Waals surface area contributed by atoms with Crippen LogP contribution in [0.1, 0.15) is 70.9 Å². The molecule has 176 valence electrons. The number of carbonyl (C=O) groups is 1. The number of ether oxygens (including phenoxy) is 1. The minimum Gasteiger partial charge on any atom is -0.497 e. The second-order valence-corrected chi connectivity index (χ2v) is 9.07. The number of methoxy groups -OCH3 is 1. The number of hydrogen-bond donors (Lipinski definition) is 0. The average Bonchev–Trinajstić information content (AvgIpc) is 2.80. The summed E-state index contributed by atoms with van der Waals surface area (Å²) in [6.07, 6.45) is 7.71. The quantitative estimate of drug-likeness (QED) is 0.127. The summed E-state index contributed by atoms with van der Waals surface area (Å²) in [7, 11) is 1.63. The fourth-order valence-corrected chi connectivity index (χ4v) is 4.90. The van der Waals surface area contributed by atoms with Crippen molar-refractivity contribution in [3.8, 4) is 5.75 Å². The first-order valence-electron chi connectivity index (χ1n) is 11.0. The molecule has 0 radical (unpaired) electrons. The van der Waals surface area contributed by atoms with Gasteiger partial charge < -0.3 is 9.53 Å². The molecule has 0 fully saturated rings. The Kier molecular flexibility index (Phi) is 12.1. The Hall–Kier alpha value is -2.34. The summed E-state index contributed by atoms with van der Waals surface area (Å²) in [5, 5.41) is 11.3. The number of carbonyl (C=O) groups excluding carboxylic acids is 1. The SMILES string of the molecule is C.CCCCC(C=O)(CCCC)CSc1ccc([N+](=O)[O-])cc1Cc1ccc(OC)cc1. The molecule has 0 aromatic heterocycles. The molecule has 6 heteroatoms. The lowest BCUT2D eigenvalue weighted by molar-refractivity contribution is -0.385. The summed E-state index contributed by atoms with van der Waals surface area (Å²) in [5.74, 6) is 1.48. The molecule has 0 aliphatic rings. The summed E-state index contributed by atoms with van der Waals surface area (Å²) in [6.45, 7) is 4.29. The van der Waals surface area contributed by atoms with Gasteiger partial charge in [-0.25, -0.2) is 0 Å². The standard InChI is InChI=1S/C25H33NO4S.CH4/c1-4-6-14-25(18-27,15-7-5-2)19-31-24-13-10-22(26(28)29)17-21(24)16-20-8-11-23(30-3)12-9-20;/h8-13,17-18H,4-7,14-16,19H2,1-3H3;1H4. The molecule has 0 heterocycles. The van der Waals surface area contributed by atoms with Gasteiger partial charge in [-0.1, -0.05) is 59.1 Å². The minimum absolute atomic E-state index is 0. The van der Waals surface area contributed by atoms with Gasteiger partial charge in [0.15, 0.2) is 0 Å². The van der Waals surface area contributed by atoms with Crippen molar-refractivity contribution in [1.82, 2.24) is 0 Å². The van der Waals surface area contributed by atoms with Crippen molar-refractivity contribution in [3.05, 3.63) is 63.7 Å². The molecule has 0 aliphatic heterocycles. The molecule has 2 aromatic rings. The van der Waals surface area contributed by atoms with E-state index in [0.717, 1.165) is 66.6 Å².